The van der Waals surface area contributed by atoms with E-state index in [0.717, 1.165) is 44.0 Å². The van der Waals surface area contributed by atoms with Gasteiger partial charge in [0.15, 0.2) is 5.82 Å². The van der Waals surface area contributed by atoms with Crippen molar-refractivity contribution in [3.63, 3.8) is 0 Å². The van der Waals surface area contributed by atoms with Crippen LogP contribution in [-0.4, -0.2) is 45.2 Å². The number of nitrogens with zero attached hydrogens (tertiary/aromatic N) is 4. The lowest BCUT2D eigenvalue weighted by Crippen LogP contribution is -2.40. The average molecular weight is 410 g/mol. The maximum Gasteiger partial charge on any atom is 0.255 e. The standard InChI is InChI=1S/C22H24ClN5O/c23-20-7-2-1-6-19(20)22(29)27-13-9-17(10-14-27)15-24-16-18-5-3-8-21(26-18)28-12-4-11-25-28/h1-8,11-12,17,24H,9-10,13-16H2. The number of rotatable bonds is 6. The summed E-state index contributed by atoms with van der Waals surface area (Å²) in [6.07, 6.45) is 5.61. The predicted molar refractivity (Wildman–Crippen MR) is 113 cm³/mol. The van der Waals surface area contributed by atoms with Crippen molar-refractivity contribution in [2.75, 3.05) is 19.6 Å². The molecule has 1 N–H and O–H groups in total. The minimum absolute atomic E-state index is 0.0293. The van der Waals surface area contributed by atoms with Gasteiger partial charge in [-0.15, -0.1) is 0 Å². The molecule has 7 heteroatoms. The van der Waals surface area contributed by atoms with Crippen LogP contribution in [0.25, 0.3) is 5.82 Å². The van der Waals surface area contributed by atoms with Gasteiger partial charge in [0.25, 0.3) is 5.91 Å². The SMILES string of the molecule is O=C(c1ccccc1Cl)N1CCC(CNCc2cccc(-n3cccn3)n2)CC1. The molecule has 3 aromatic rings. The first-order valence-electron chi connectivity index (χ1n) is 9.91. The number of aromatic nitrogens is 3. The number of likely N-dealkylation sites (tertiary alicyclic amines) is 1. The third-order valence-corrected chi connectivity index (χ3v) is 5.61. The second-order valence-corrected chi connectivity index (χ2v) is 7.69. The van der Waals surface area contributed by atoms with E-state index in [2.05, 4.69) is 15.4 Å². The van der Waals surface area contributed by atoms with Crippen LogP contribution in [0.3, 0.4) is 0 Å². The van der Waals surface area contributed by atoms with Gasteiger partial charge in [0.05, 0.1) is 16.3 Å². The molecule has 1 amide bonds. The van der Waals surface area contributed by atoms with Crippen LogP contribution in [0.4, 0.5) is 0 Å². The molecule has 0 saturated carbocycles. The highest BCUT2D eigenvalue weighted by molar-refractivity contribution is 6.33. The van der Waals surface area contributed by atoms with Crippen LogP contribution in [0.2, 0.25) is 5.02 Å². The van der Waals surface area contributed by atoms with Crippen molar-refractivity contribution in [3.8, 4) is 5.82 Å². The molecule has 1 fully saturated rings. The van der Waals surface area contributed by atoms with Crippen molar-refractivity contribution in [3.05, 3.63) is 77.2 Å². The Morgan fingerprint density at radius 3 is 2.69 bits per heavy atom. The van der Waals surface area contributed by atoms with Crippen LogP contribution in [0.1, 0.15) is 28.9 Å². The van der Waals surface area contributed by atoms with E-state index in [1.54, 1.807) is 23.0 Å². The number of amides is 1. The van der Waals surface area contributed by atoms with Gasteiger partial charge in [-0.25, -0.2) is 9.67 Å². The summed E-state index contributed by atoms with van der Waals surface area (Å²) in [7, 11) is 0. The summed E-state index contributed by atoms with van der Waals surface area (Å²) in [4.78, 5) is 19.2. The molecule has 29 heavy (non-hydrogen) atoms. The van der Waals surface area contributed by atoms with Crippen molar-refractivity contribution in [2.45, 2.75) is 19.4 Å². The summed E-state index contributed by atoms with van der Waals surface area (Å²) in [6, 6.07) is 15.1. The number of carbonyl (C=O) groups excluding carboxylic acids is 1. The zero-order valence-corrected chi connectivity index (χ0v) is 16.9. The van der Waals surface area contributed by atoms with Gasteiger partial charge in [-0.2, -0.15) is 5.10 Å². The summed E-state index contributed by atoms with van der Waals surface area (Å²) < 4.78 is 1.76. The van der Waals surface area contributed by atoms with Crippen LogP contribution in [-0.2, 0) is 6.54 Å². The Morgan fingerprint density at radius 1 is 1.10 bits per heavy atom. The average Bonchev–Trinajstić information content (AvgIpc) is 3.29. The van der Waals surface area contributed by atoms with Crippen LogP contribution in [0, 0.1) is 5.92 Å². The third-order valence-electron chi connectivity index (χ3n) is 5.28. The Labute approximate surface area is 175 Å². The second-order valence-electron chi connectivity index (χ2n) is 7.28. The fourth-order valence-corrected chi connectivity index (χ4v) is 3.86. The quantitative estimate of drug-likeness (QED) is 0.676. The highest BCUT2D eigenvalue weighted by atomic mass is 35.5. The number of hydrogen-bond donors (Lipinski definition) is 1. The Kier molecular flexibility index (Phi) is 6.22. The molecule has 1 aromatic carbocycles. The van der Waals surface area contributed by atoms with E-state index in [1.165, 1.54) is 0 Å². The number of benzene rings is 1. The fourth-order valence-electron chi connectivity index (χ4n) is 3.65. The number of carbonyl (C=O) groups is 1. The first-order chi connectivity index (χ1) is 14.2. The largest absolute Gasteiger partial charge is 0.339 e. The van der Waals surface area contributed by atoms with Crippen molar-refractivity contribution in [1.29, 1.82) is 0 Å². The van der Waals surface area contributed by atoms with Crippen molar-refractivity contribution in [1.82, 2.24) is 25.0 Å². The maximum absolute atomic E-state index is 12.7. The monoisotopic (exact) mass is 409 g/mol. The molecule has 1 aliphatic heterocycles. The van der Waals surface area contributed by atoms with Gasteiger partial charge < -0.3 is 10.2 Å². The number of nitrogens with one attached hydrogen (secondary N) is 1. The van der Waals surface area contributed by atoms with E-state index in [9.17, 15) is 4.79 Å². The van der Waals surface area contributed by atoms with Crippen LogP contribution < -0.4 is 5.32 Å². The van der Waals surface area contributed by atoms with Gasteiger partial charge in [0.1, 0.15) is 0 Å². The van der Waals surface area contributed by atoms with Gasteiger partial charge in [0, 0.05) is 32.0 Å². The molecular weight excluding hydrogens is 386 g/mol. The molecule has 1 saturated heterocycles. The van der Waals surface area contributed by atoms with Gasteiger partial charge >= 0.3 is 0 Å². The van der Waals surface area contributed by atoms with Crippen molar-refractivity contribution in [2.24, 2.45) is 5.92 Å². The van der Waals surface area contributed by atoms with Gasteiger partial charge in [0.2, 0.25) is 0 Å². The summed E-state index contributed by atoms with van der Waals surface area (Å²) >= 11 is 6.17. The lowest BCUT2D eigenvalue weighted by Gasteiger charge is -2.32. The molecule has 0 radical (unpaired) electrons. The minimum Gasteiger partial charge on any atom is -0.339 e. The summed E-state index contributed by atoms with van der Waals surface area (Å²) in [5.41, 5.74) is 1.58. The molecule has 0 bridgehead atoms. The smallest absolute Gasteiger partial charge is 0.255 e. The number of hydrogen-bond acceptors (Lipinski definition) is 4. The molecule has 2 aromatic heterocycles. The van der Waals surface area contributed by atoms with Crippen molar-refractivity contribution < 1.29 is 4.79 Å². The molecule has 1 aliphatic rings. The van der Waals surface area contributed by atoms with Gasteiger partial charge in [-0.05, 0) is 55.6 Å². The third kappa shape index (κ3) is 4.83. The summed E-state index contributed by atoms with van der Waals surface area (Å²) in [6.45, 7) is 3.17. The van der Waals surface area contributed by atoms with Crippen LogP contribution >= 0.6 is 11.6 Å². The molecule has 3 heterocycles. The molecule has 4 rings (SSSR count). The molecule has 6 nitrogen and oxygen atoms in total. The lowest BCUT2D eigenvalue weighted by molar-refractivity contribution is 0.0690. The molecule has 0 spiro atoms. The number of piperidine rings is 1. The van der Waals surface area contributed by atoms with Gasteiger partial charge in [-0.3, -0.25) is 4.79 Å². The van der Waals surface area contributed by atoms with Crippen molar-refractivity contribution >= 4 is 17.5 Å². The molecule has 150 valence electrons. The first kappa shape index (κ1) is 19.6. The number of pyridine rings is 1. The van der Waals surface area contributed by atoms with E-state index in [1.807, 2.05) is 47.5 Å². The minimum atomic E-state index is 0.0293. The van der Waals surface area contributed by atoms with E-state index in [4.69, 9.17) is 11.6 Å². The van der Waals surface area contributed by atoms with E-state index in [-0.39, 0.29) is 5.91 Å². The zero-order valence-electron chi connectivity index (χ0n) is 16.2. The Morgan fingerprint density at radius 2 is 1.93 bits per heavy atom. The van der Waals surface area contributed by atoms with E-state index >= 15 is 0 Å². The maximum atomic E-state index is 12.7. The highest BCUT2D eigenvalue weighted by Crippen LogP contribution is 2.22. The molecule has 0 unspecified atom stereocenters. The molecular formula is C22H24ClN5O. The lowest BCUT2D eigenvalue weighted by atomic mass is 9.96. The van der Waals surface area contributed by atoms with Crippen LogP contribution in [0.15, 0.2) is 60.9 Å². The summed E-state index contributed by atoms with van der Waals surface area (Å²) in [5.74, 6) is 1.40. The fraction of sp³-hybridized carbons (Fsp3) is 0.318. The Balaban J connectivity index is 1.24. The van der Waals surface area contributed by atoms with Crippen LogP contribution in [0.5, 0.6) is 0 Å². The zero-order chi connectivity index (χ0) is 20.1. The van der Waals surface area contributed by atoms with Gasteiger partial charge in [-0.1, -0.05) is 29.8 Å². The second kappa shape index (κ2) is 9.20. The Bertz CT molecular complexity index is 951. The number of halogens is 1. The predicted octanol–water partition coefficient (Wildman–Crippen LogP) is 3.56. The molecule has 0 aliphatic carbocycles. The first-order valence-corrected chi connectivity index (χ1v) is 10.3. The Hall–Kier alpha value is -2.70. The van der Waals surface area contributed by atoms with E-state index in [0.29, 0.717) is 23.0 Å². The topological polar surface area (TPSA) is 63.1 Å². The van der Waals surface area contributed by atoms with E-state index < -0.39 is 0 Å². The normalized spacial score (nSPS) is 14.9. The summed E-state index contributed by atoms with van der Waals surface area (Å²) in [5, 5.41) is 8.25. The molecule has 0 atom stereocenters. The highest BCUT2D eigenvalue weighted by Gasteiger charge is 2.24.